The van der Waals surface area contributed by atoms with Gasteiger partial charge in [-0.1, -0.05) is 30.3 Å². The summed E-state index contributed by atoms with van der Waals surface area (Å²) in [5.41, 5.74) is 0.0246. The zero-order valence-corrected chi connectivity index (χ0v) is 13.0. The van der Waals surface area contributed by atoms with Crippen molar-refractivity contribution in [1.29, 1.82) is 0 Å². The van der Waals surface area contributed by atoms with Gasteiger partial charge >= 0.3 is 0 Å². The van der Waals surface area contributed by atoms with Crippen LogP contribution in [0.3, 0.4) is 0 Å². The molecule has 108 valence electrons. The van der Waals surface area contributed by atoms with Crippen molar-refractivity contribution >= 4 is 29.1 Å². The molecule has 1 amide bonds. The van der Waals surface area contributed by atoms with Gasteiger partial charge in [-0.25, -0.2) is 0 Å². The second kappa shape index (κ2) is 4.62. The standard InChI is InChI=1S/C15H17Cl2NO2/c1-10(2)18-13(19)14(17)12(8-16)9-20-15(14,18)11-6-4-3-5-7-11/h3-7,10,12H,8-9H2,1-2H3/t12-,14-,15+/m0/s1. The fourth-order valence-electron chi connectivity index (χ4n) is 3.39. The van der Waals surface area contributed by atoms with E-state index in [-0.39, 0.29) is 17.9 Å². The Morgan fingerprint density at radius 1 is 1.40 bits per heavy atom. The number of carbonyl (C=O) groups excluding carboxylic acids is 1. The predicted octanol–water partition coefficient (Wildman–Crippen LogP) is 2.95. The van der Waals surface area contributed by atoms with Crippen LogP contribution in [0.2, 0.25) is 0 Å². The van der Waals surface area contributed by atoms with Gasteiger partial charge in [0.15, 0.2) is 10.6 Å². The Labute approximate surface area is 128 Å². The molecule has 20 heavy (non-hydrogen) atoms. The first kappa shape index (κ1) is 14.2. The molecule has 2 heterocycles. The summed E-state index contributed by atoms with van der Waals surface area (Å²) < 4.78 is 6.07. The second-order valence-electron chi connectivity index (χ2n) is 5.65. The Kier molecular flexibility index (Phi) is 3.27. The van der Waals surface area contributed by atoms with Gasteiger partial charge in [0.2, 0.25) is 0 Å². The van der Waals surface area contributed by atoms with Gasteiger partial charge in [-0.05, 0) is 13.8 Å². The lowest BCUT2D eigenvalue weighted by atomic mass is 9.72. The number of carbonyl (C=O) groups is 1. The molecule has 0 aromatic heterocycles. The van der Waals surface area contributed by atoms with E-state index in [1.807, 2.05) is 44.2 Å². The number of β-lactam (4-membered cyclic amide) rings is 1. The van der Waals surface area contributed by atoms with Gasteiger partial charge in [0, 0.05) is 23.4 Å². The first-order valence-electron chi connectivity index (χ1n) is 6.78. The van der Waals surface area contributed by atoms with E-state index in [0.29, 0.717) is 12.5 Å². The van der Waals surface area contributed by atoms with Crippen LogP contribution in [0, 0.1) is 5.92 Å². The number of rotatable bonds is 3. The topological polar surface area (TPSA) is 29.5 Å². The zero-order chi connectivity index (χ0) is 14.5. The Morgan fingerprint density at radius 2 is 2.05 bits per heavy atom. The van der Waals surface area contributed by atoms with Gasteiger partial charge in [0.1, 0.15) is 0 Å². The molecular weight excluding hydrogens is 297 g/mol. The summed E-state index contributed by atoms with van der Waals surface area (Å²) in [6, 6.07) is 9.72. The molecule has 1 aromatic rings. The summed E-state index contributed by atoms with van der Waals surface area (Å²) >= 11 is 12.7. The molecule has 3 rings (SSSR count). The van der Waals surface area contributed by atoms with Crippen molar-refractivity contribution < 1.29 is 9.53 Å². The maximum Gasteiger partial charge on any atom is 0.252 e. The average Bonchev–Trinajstić information content (AvgIpc) is 2.70. The van der Waals surface area contributed by atoms with Crippen LogP contribution in [0.25, 0.3) is 0 Å². The zero-order valence-electron chi connectivity index (χ0n) is 11.5. The monoisotopic (exact) mass is 313 g/mol. The van der Waals surface area contributed by atoms with E-state index in [1.165, 1.54) is 0 Å². The molecule has 0 saturated carbocycles. The maximum absolute atomic E-state index is 12.6. The summed E-state index contributed by atoms with van der Waals surface area (Å²) in [7, 11) is 0. The van der Waals surface area contributed by atoms with Crippen molar-refractivity contribution in [3.63, 3.8) is 0 Å². The number of fused-ring (bicyclic) bond motifs is 1. The number of alkyl halides is 2. The number of benzene rings is 1. The van der Waals surface area contributed by atoms with Crippen LogP contribution in [0.4, 0.5) is 0 Å². The normalized spacial score (nSPS) is 36.1. The number of nitrogens with zero attached hydrogens (tertiary/aromatic N) is 1. The van der Waals surface area contributed by atoms with Gasteiger partial charge in [-0.3, -0.25) is 4.79 Å². The second-order valence-corrected chi connectivity index (χ2v) is 6.56. The highest BCUT2D eigenvalue weighted by molar-refractivity contribution is 6.39. The third kappa shape index (κ3) is 1.44. The fraction of sp³-hybridized carbons (Fsp3) is 0.533. The van der Waals surface area contributed by atoms with Crippen LogP contribution >= 0.6 is 23.2 Å². The highest BCUT2D eigenvalue weighted by atomic mass is 35.5. The highest BCUT2D eigenvalue weighted by Gasteiger charge is 2.79. The van der Waals surface area contributed by atoms with Gasteiger partial charge in [0.25, 0.3) is 5.91 Å². The number of hydrogen-bond acceptors (Lipinski definition) is 2. The molecule has 1 aromatic carbocycles. The fourth-order valence-corrected chi connectivity index (χ4v) is 4.28. The average molecular weight is 314 g/mol. The SMILES string of the molecule is CC(C)N1C(=O)[C@@]2(Cl)[C@@H](CCl)CO[C@@]12c1ccccc1. The molecule has 0 radical (unpaired) electrons. The molecule has 0 N–H and O–H groups in total. The predicted molar refractivity (Wildman–Crippen MR) is 78.8 cm³/mol. The lowest BCUT2D eigenvalue weighted by Crippen LogP contribution is -2.79. The van der Waals surface area contributed by atoms with Gasteiger partial charge in [-0.2, -0.15) is 0 Å². The number of hydrogen-bond donors (Lipinski definition) is 0. The lowest BCUT2D eigenvalue weighted by Gasteiger charge is -2.60. The molecule has 2 saturated heterocycles. The van der Waals surface area contributed by atoms with E-state index < -0.39 is 10.6 Å². The van der Waals surface area contributed by atoms with Crippen molar-refractivity contribution in [2.45, 2.75) is 30.5 Å². The van der Waals surface area contributed by atoms with Crippen molar-refractivity contribution in [1.82, 2.24) is 4.90 Å². The molecule has 0 unspecified atom stereocenters. The van der Waals surface area contributed by atoms with Gasteiger partial charge in [-0.15, -0.1) is 23.2 Å². The molecule has 0 spiro atoms. The first-order valence-corrected chi connectivity index (χ1v) is 7.69. The minimum Gasteiger partial charge on any atom is -0.348 e. The molecule has 2 fully saturated rings. The van der Waals surface area contributed by atoms with E-state index in [4.69, 9.17) is 27.9 Å². The minimum atomic E-state index is -1.08. The molecule has 2 aliphatic rings. The van der Waals surface area contributed by atoms with Gasteiger partial charge < -0.3 is 9.64 Å². The summed E-state index contributed by atoms with van der Waals surface area (Å²) in [5.74, 6) is 0.0603. The van der Waals surface area contributed by atoms with Crippen molar-refractivity contribution in [2.75, 3.05) is 12.5 Å². The molecule has 5 heteroatoms. The van der Waals surface area contributed by atoms with E-state index in [2.05, 4.69) is 0 Å². The highest BCUT2D eigenvalue weighted by Crippen LogP contribution is 2.62. The largest absolute Gasteiger partial charge is 0.348 e. The van der Waals surface area contributed by atoms with Crippen LogP contribution < -0.4 is 0 Å². The Hall–Kier alpha value is -0.770. The van der Waals surface area contributed by atoms with Crippen molar-refractivity contribution in [3.05, 3.63) is 35.9 Å². The van der Waals surface area contributed by atoms with E-state index >= 15 is 0 Å². The number of ether oxygens (including phenoxy) is 1. The molecule has 3 nitrogen and oxygen atoms in total. The summed E-state index contributed by atoms with van der Waals surface area (Å²) in [5, 5.41) is 0. The van der Waals surface area contributed by atoms with Crippen LogP contribution in [0.5, 0.6) is 0 Å². The van der Waals surface area contributed by atoms with E-state index in [0.717, 1.165) is 5.56 Å². The van der Waals surface area contributed by atoms with Gasteiger partial charge in [0.05, 0.1) is 6.61 Å². The Morgan fingerprint density at radius 3 is 2.60 bits per heavy atom. The summed E-state index contributed by atoms with van der Waals surface area (Å²) in [6.45, 7) is 4.34. The van der Waals surface area contributed by atoms with Crippen LogP contribution in [0.1, 0.15) is 19.4 Å². The number of halogens is 2. The molecule has 0 bridgehead atoms. The van der Waals surface area contributed by atoms with Crippen LogP contribution in [-0.2, 0) is 15.3 Å². The Bertz CT molecular complexity index is 536. The third-order valence-electron chi connectivity index (χ3n) is 4.29. The van der Waals surface area contributed by atoms with Crippen molar-refractivity contribution in [2.24, 2.45) is 5.92 Å². The molecular formula is C15H17Cl2NO2. The number of likely N-dealkylation sites (tertiary alicyclic amines) is 1. The van der Waals surface area contributed by atoms with Crippen LogP contribution in [0.15, 0.2) is 30.3 Å². The molecule has 2 aliphatic heterocycles. The summed E-state index contributed by atoms with van der Waals surface area (Å²) in [6.07, 6.45) is 0. The minimum absolute atomic E-state index is 0.0173. The first-order chi connectivity index (χ1) is 9.50. The quantitative estimate of drug-likeness (QED) is 0.634. The van der Waals surface area contributed by atoms with Crippen LogP contribution in [-0.4, -0.2) is 34.2 Å². The van der Waals surface area contributed by atoms with Crippen molar-refractivity contribution in [3.8, 4) is 0 Å². The summed E-state index contributed by atoms with van der Waals surface area (Å²) in [4.78, 5) is 13.3. The maximum atomic E-state index is 12.6. The van der Waals surface area contributed by atoms with E-state index in [1.54, 1.807) is 4.90 Å². The number of amides is 1. The molecule has 3 atom stereocenters. The smallest absolute Gasteiger partial charge is 0.252 e. The lowest BCUT2D eigenvalue weighted by molar-refractivity contribution is -0.223. The molecule has 0 aliphatic carbocycles. The third-order valence-corrected chi connectivity index (χ3v) is 5.39. The Balaban J connectivity index is 2.16. The van der Waals surface area contributed by atoms with E-state index in [9.17, 15) is 4.79 Å².